The molecule has 1 fully saturated rings. The van der Waals surface area contributed by atoms with Crippen LogP contribution in [0.3, 0.4) is 0 Å². The van der Waals surface area contributed by atoms with E-state index in [4.69, 9.17) is 23.7 Å². The van der Waals surface area contributed by atoms with E-state index >= 15 is 0 Å². The third kappa shape index (κ3) is 3.84. The summed E-state index contributed by atoms with van der Waals surface area (Å²) in [5.41, 5.74) is -0.691. The molecule has 4 atom stereocenters. The van der Waals surface area contributed by atoms with Crippen LogP contribution in [0.2, 0.25) is 0 Å². The van der Waals surface area contributed by atoms with E-state index in [1.54, 1.807) is 7.11 Å². The van der Waals surface area contributed by atoms with Crippen LogP contribution in [-0.4, -0.2) is 73.3 Å². The van der Waals surface area contributed by atoms with Gasteiger partial charge in [0, 0.05) is 6.54 Å². The fraction of sp³-hybridized carbons (Fsp3) is 0.630. The molecule has 3 heterocycles. The summed E-state index contributed by atoms with van der Waals surface area (Å²) in [6.07, 6.45) is 4.31. The topological polar surface area (TPSA) is 104 Å². The summed E-state index contributed by atoms with van der Waals surface area (Å²) in [5, 5.41) is 11.2. The smallest absolute Gasteiger partial charge is 0.350 e. The zero-order valence-corrected chi connectivity index (χ0v) is 21.4. The molecule has 1 N–H and O–H groups in total. The Morgan fingerprint density at radius 2 is 1.94 bits per heavy atom. The second-order valence-corrected chi connectivity index (χ2v) is 10.6. The van der Waals surface area contributed by atoms with Gasteiger partial charge in [0.05, 0.1) is 25.7 Å². The number of fused-ring (bicyclic) bond motifs is 3. The summed E-state index contributed by atoms with van der Waals surface area (Å²) in [5.74, 6) is -0.269. The van der Waals surface area contributed by atoms with Crippen LogP contribution < -0.4 is 9.47 Å². The highest BCUT2D eigenvalue weighted by Gasteiger charge is 2.59. The zero-order valence-electron chi connectivity index (χ0n) is 21.4. The molecule has 0 aromatic heterocycles. The second kappa shape index (κ2) is 9.27. The molecular weight excluding hydrogens is 466 g/mol. The van der Waals surface area contributed by atoms with Gasteiger partial charge in [-0.05, 0) is 73.9 Å². The van der Waals surface area contributed by atoms with Gasteiger partial charge in [-0.3, -0.25) is 4.90 Å². The normalized spacial score (nSPS) is 27.9. The van der Waals surface area contributed by atoms with Crippen molar-refractivity contribution >= 4 is 11.9 Å². The number of ether oxygens (including phenoxy) is 5. The predicted octanol–water partition coefficient (Wildman–Crippen LogP) is 2.69. The Labute approximate surface area is 211 Å². The van der Waals surface area contributed by atoms with Gasteiger partial charge in [-0.1, -0.05) is 13.8 Å². The number of methoxy groups -OCH3 is 2. The molecule has 0 unspecified atom stereocenters. The number of carbonyl (C=O) groups is 2. The standard InChI is InChI=1S/C27H35NO8/c1-16(2)6-9-27(31,24(29)33-4)25(30)36-23-21(32-3)14-26-8-5-10-28(26)11-7-17-12-19-20(35-15-34-19)13-18(17)22(23)26/h12-14,16,22-23,31H,5-11,15H2,1-4H3/t22-,23-,26+,27-/m1/s1. The van der Waals surface area contributed by atoms with Crippen LogP contribution in [0.1, 0.15) is 56.6 Å². The highest BCUT2D eigenvalue weighted by atomic mass is 16.7. The predicted molar refractivity (Wildman–Crippen MR) is 129 cm³/mol. The van der Waals surface area contributed by atoms with Gasteiger partial charge in [0.25, 0.3) is 5.60 Å². The minimum atomic E-state index is -2.40. The number of aliphatic hydroxyl groups is 1. The van der Waals surface area contributed by atoms with E-state index in [0.29, 0.717) is 23.7 Å². The minimum Gasteiger partial charge on any atom is -0.497 e. The number of carbonyl (C=O) groups excluding carboxylic acids is 2. The summed E-state index contributed by atoms with van der Waals surface area (Å²) >= 11 is 0. The lowest BCUT2D eigenvalue weighted by molar-refractivity contribution is -0.187. The average molecular weight is 502 g/mol. The van der Waals surface area contributed by atoms with Crippen molar-refractivity contribution in [2.24, 2.45) is 5.92 Å². The van der Waals surface area contributed by atoms with Crippen molar-refractivity contribution in [3.63, 3.8) is 0 Å². The van der Waals surface area contributed by atoms with E-state index in [-0.39, 0.29) is 25.0 Å². The maximum atomic E-state index is 13.5. The zero-order chi connectivity index (χ0) is 25.7. The van der Waals surface area contributed by atoms with Crippen LogP contribution >= 0.6 is 0 Å². The van der Waals surface area contributed by atoms with E-state index in [1.165, 1.54) is 0 Å². The first-order valence-electron chi connectivity index (χ1n) is 12.7. The van der Waals surface area contributed by atoms with Crippen molar-refractivity contribution in [2.75, 3.05) is 34.1 Å². The average Bonchev–Trinajstić information content (AvgIpc) is 3.55. The summed E-state index contributed by atoms with van der Waals surface area (Å²) in [7, 11) is 2.71. The second-order valence-electron chi connectivity index (χ2n) is 10.6. The molecule has 0 saturated carbocycles. The van der Waals surface area contributed by atoms with Crippen molar-refractivity contribution in [1.82, 2.24) is 4.90 Å². The van der Waals surface area contributed by atoms with Crippen molar-refractivity contribution in [1.29, 1.82) is 0 Å². The molecule has 9 nitrogen and oxygen atoms in total. The van der Waals surface area contributed by atoms with Gasteiger partial charge in [-0.25, -0.2) is 9.59 Å². The van der Waals surface area contributed by atoms with E-state index in [9.17, 15) is 14.7 Å². The highest BCUT2D eigenvalue weighted by Crippen LogP contribution is 2.55. The number of hydrogen-bond acceptors (Lipinski definition) is 9. The Morgan fingerprint density at radius 1 is 1.19 bits per heavy atom. The molecule has 0 radical (unpaired) electrons. The van der Waals surface area contributed by atoms with Gasteiger partial charge in [0.15, 0.2) is 17.6 Å². The monoisotopic (exact) mass is 501 g/mol. The number of nitrogens with zero attached hydrogens (tertiary/aromatic N) is 1. The van der Waals surface area contributed by atoms with Gasteiger partial charge < -0.3 is 28.8 Å². The molecule has 4 aliphatic rings. The van der Waals surface area contributed by atoms with Crippen LogP contribution in [-0.2, 0) is 30.2 Å². The number of hydrogen-bond donors (Lipinski definition) is 1. The van der Waals surface area contributed by atoms with E-state index in [1.807, 2.05) is 26.0 Å². The lowest BCUT2D eigenvalue weighted by atomic mass is 9.77. The van der Waals surface area contributed by atoms with Crippen molar-refractivity contribution in [2.45, 2.75) is 69.1 Å². The van der Waals surface area contributed by atoms with Crippen LogP contribution in [0.15, 0.2) is 24.0 Å². The van der Waals surface area contributed by atoms with E-state index < -0.39 is 29.2 Å². The fourth-order valence-electron chi connectivity index (χ4n) is 6.26. The maximum Gasteiger partial charge on any atom is 0.350 e. The van der Waals surface area contributed by atoms with Crippen molar-refractivity contribution < 1.29 is 38.4 Å². The van der Waals surface area contributed by atoms with Gasteiger partial charge in [0.2, 0.25) is 6.79 Å². The molecule has 1 spiro atoms. The molecule has 1 aromatic rings. The van der Waals surface area contributed by atoms with Gasteiger partial charge in [-0.2, -0.15) is 0 Å². The van der Waals surface area contributed by atoms with Crippen LogP contribution in [0.4, 0.5) is 0 Å². The third-order valence-corrected chi connectivity index (χ3v) is 8.14. The molecule has 1 aromatic carbocycles. The Morgan fingerprint density at radius 3 is 2.64 bits per heavy atom. The van der Waals surface area contributed by atoms with Gasteiger partial charge in [0.1, 0.15) is 5.76 Å². The first-order chi connectivity index (χ1) is 17.2. The Bertz CT molecular complexity index is 1080. The fourth-order valence-corrected chi connectivity index (χ4v) is 6.26. The molecule has 5 rings (SSSR count). The third-order valence-electron chi connectivity index (χ3n) is 8.14. The lowest BCUT2D eigenvalue weighted by Crippen LogP contribution is -2.52. The van der Waals surface area contributed by atoms with Crippen molar-refractivity contribution in [3.05, 3.63) is 35.1 Å². The van der Waals surface area contributed by atoms with Gasteiger partial charge >= 0.3 is 11.9 Å². The summed E-state index contributed by atoms with van der Waals surface area (Å²) in [6.45, 7) is 5.85. The molecular formula is C27H35NO8. The Kier molecular flexibility index (Phi) is 6.41. The summed E-state index contributed by atoms with van der Waals surface area (Å²) < 4.78 is 28.0. The van der Waals surface area contributed by atoms with Crippen LogP contribution in [0.5, 0.6) is 11.5 Å². The van der Waals surface area contributed by atoms with E-state index in [0.717, 1.165) is 50.6 Å². The molecule has 9 heteroatoms. The quantitative estimate of drug-likeness (QED) is 0.446. The first kappa shape index (κ1) is 24.9. The number of esters is 2. The summed E-state index contributed by atoms with van der Waals surface area (Å²) in [6, 6.07) is 4.01. The van der Waals surface area contributed by atoms with Crippen molar-refractivity contribution in [3.8, 4) is 11.5 Å². The largest absolute Gasteiger partial charge is 0.497 e. The minimum absolute atomic E-state index is 0.0911. The van der Waals surface area contributed by atoms with Gasteiger partial charge in [-0.15, -0.1) is 0 Å². The van der Waals surface area contributed by atoms with Crippen LogP contribution in [0.25, 0.3) is 0 Å². The van der Waals surface area contributed by atoms with Crippen LogP contribution in [0, 0.1) is 5.92 Å². The number of benzene rings is 1. The molecule has 36 heavy (non-hydrogen) atoms. The SMILES string of the molecule is COC(=O)[C@](O)(CCC(C)C)C(=O)O[C@@H]1C(OC)=C[C@]23CCCN2CCc2cc4c(cc2[C@H]13)OCO4. The Balaban J connectivity index is 1.56. The highest BCUT2D eigenvalue weighted by molar-refractivity contribution is 6.03. The molecule has 0 bridgehead atoms. The molecule has 0 amide bonds. The molecule has 1 saturated heterocycles. The maximum absolute atomic E-state index is 13.5. The molecule has 3 aliphatic heterocycles. The Hall–Kier alpha value is -2.78. The molecule has 1 aliphatic carbocycles. The molecule has 196 valence electrons. The summed E-state index contributed by atoms with van der Waals surface area (Å²) in [4.78, 5) is 28.6. The first-order valence-corrected chi connectivity index (χ1v) is 12.7. The number of rotatable bonds is 7. The lowest BCUT2D eigenvalue weighted by Gasteiger charge is -2.39. The van der Waals surface area contributed by atoms with E-state index in [2.05, 4.69) is 11.0 Å².